The molecule has 1 atom stereocenters. The van der Waals surface area contributed by atoms with Gasteiger partial charge in [-0.1, -0.05) is 30.3 Å². The normalized spacial score (nSPS) is 16.8. The van der Waals surface area contributed by atoms with Crippen molar-refractivity contribution in [2.45, 2.75) is 19.3 Å². The van der Waals surface area contributed by atoms with E-state index >= 15 is 0 Å². The van der Waals surface area contributed by atoms with Gasteiger partial charge in [-0.25, -0.2) is 0 Å². The molecule has 2 aromatic rings. The Morgan fingerprint density at radius 2 is 2.00 bits per heavy atom. The van der Waals surface area contributed by atoms with Gasteiger partial charge in [0.1, 0.15) is 0 Å². The van der Waals surface area contributed by atoms with Crippen molar-refractivity contribution in [3.05, 3.63) is 60.4 Å². The zero-order chi connectivity index (χ0) is 18.9. The minimum Gasteiger partial charge on any atom is -0.382 e. The quantitative estimate of drug-likeness (QED) is 0.702. The second-order valence-corrected chi connectivity index (χ2v) is 6.77. The number of pyridine rings is 1. The average molecular weight is 366 g/mol. The van der Waals surface area contributed by atoms with Gasteiger partial charge in [0.2, 0.25) is 11.8 Å². The number of aromatic nitrogens is 1. The monoisotopic (exact) mass is 366 g/mol. The minimum atomic E-state index is -0.128. The van der Waals surface area contributed by atoms with Crippen LogP contribution in [0.4, 0.5) is 5.69 Å². The van der Waals surface area contributed by atoms with E-state index < -0.39 is 0 Å². The lowest BCUT2D eigenvalue weighted by atomic mass is 9.96. The Labute approximate surface area is 160 Å². The van der Waals surface area contributed by atoms with E-state index in [1.165, 1.54) is 5.56 Å². The fourth-order valence-electron chi connectivity index (χ4n) is 3.26. The second-order valence-electron chi connectivity index (χ2n) is 6.77. The lowest BCUT2D eigenvalue weighted by molar-refractivity contribution is -0.138. The Bertz CT molecular complexity index is 736. The van der Waals surface area contributed by atoms with E-state index in [4.69, 9.17) is 0 Å². The number of rotatable bonds is 8. The predicted octanol–water partition coefficient (Wildman–Crippen LogP) is 2.09. The fraction of sp³-hybridized carbons (Fsp3) is 0.381. The molecule has 2 heterocycles. The number of amides is 2. The van der Waals surface area contributed by atoms with Crippen LogP contribution in [0.3, 0.4) is 0 Å². The van der Waals surface area contributed by atoms with Crippen LogP contribution < -0.4 is 10.6 Å². The van der Waals surface area contributed by atoms with E-state index in [9.17, 15) is 9.59 Å². The van der Waals surface area contributed by atoms with Crippen LogP contribution in [0.25, 0.3) is 0 Å². The maximum atomic E-state index is 12.4. The van der Waals surface area contributed by atoms with Gasteiger partial charge < -0.3 is 15.5 Å². The van der Waals surface area contributed by atoms with Crippen molar-refractivity contribution in [1.82, 2.24) is 15.2 Å². The molecule has 0 radical (unpaired) electrons. The standard InChI is InChI=1S/C21H26N4O2/c26-20-9-8-18(16-25(20)14-10-17-5-2-1-3-6-17)21(27)24-13-12-23-19-7-4-11-22-15-19/h1-7,11,15,18,23H,8-10,12-14,16H2,(H,24,27)/t18-/m1/s1. The van der Waals surface area contributed by atoms with Crippen LogP contribution in [-0.4, -0.2) is 47.9 Å². The number of anilines is 1. The second kappa shape index (κ2) is 9.71. The Balaban J connectivity index is 1.41. The summed E-state index contributed by atoms with van der Waals surface area (Å²) >= 11 is 0. The third kappa shape index (κ3) is 5.81. The average Bonchev–Trinajstić information content (AvgIpc) is 2.72. The zero-order valence-corrected chi connectivity index (χ0v) is 15.4. The van der Waals surface area contributed by atoms with Gasteiger partial charge in [-0.15, -0.1) is 0 Å². The number of carbonyl (C=O) groups excluding carboxylic acids is 2. The van der Waals surface area contributed by atoms with Crippen LogP contribution >= 0.6 is 0 Å². The molecule has 6 nitrogen and oxygen atoms in total. The Morgan fingerprint density at radius 3 is 2.78 bits per heavy atom. The van der Waals surface area contributed by atoms with Crippen LogP contribution in [0, 0.1) is 5.92 Å². The number of carbonyl (C=O) groups is 2. The number of nitrogens with one attached hydrogen (secondary N) is 2. The summed E-state index contributed by atoms with van der Waals surface area (Å²) in [6.45, 7) is 2.35. The highest BCUT2D eigenvalue weighted by molar-refractivity contribution is 5.83. The highest BCUT2D eigenvalue weighted by Gasteiger charge is 2.29. The summed E-state index contributed by atoms with van der Waals surface area (Å²) in [6, 6.07) is 13.9. The fourth-order valence-corrected chi connectivity index (χ4v) is 3.26. The molecule has 1 aliphatic rings. The molecule has 0 unspecified atom stereocenters. The summed E-state index contributed by atoms with van der Waals surface area (Å²) in [4.78, 5) is 30.5. The van der Waals surface area contributed by atoms with Crippen LogP contribution in [0.5, 0.6) is 0 Å². The molecule has 142 valence electrons. The van der Waals surface area contributed by atoms with Crippen molar-refractivity contribution >= 4 is 17.5 Å². The zero-order valence-electron chi connectivity index (χ0n) is 15.4. The van der Waals surface area contributed by atoms with E-state index in [0.717, 1.165) is 12.1 Å². The Hall–Kier alpha value is -2.89. The summed E-state index contributed by atoms with van der Waals surface area (Å²) in [5.41, 5.74) is 2.14. The van der Waals surface area contributed by atoms with Crippen molar-refractivity contribution < 1.29 is 9.59 Å². The lowest BCUT2D eigenvalue weighted by Gasteiger charge is -2.32. The van der Waals surface area contributed by atoms with E-state index in [-0.39, 0.29) is 17.7 Å². The summed E-state index contributed by atoms with van der Waals surface area (Å²) in [5, 5.41) is 6.19. The van der Waals surface area contributed by atoms with Crippen LogP contribution in [0.1, 0.15) is 18.4 Å². The molecule has 0 spiro atoms. The summed E-state index contributed by atoms with van der Waals surface area (Å²) in [5.74, 6) is 0.0466. The molecule has 1 fully saturated rings. The topological polar surface area (TPSA) is 74.3 Å². The SMILES string of the molecule is O=C(NCCNc1cccnc1)[C@@H]1CCC(=O)N(CCc2ccccc2)C1. The molecule has 2 amide bonds. The molecule has 1 aliphatic heterocycles. The Kier molecular flexibility index (Phi) is 6.79. The first kappa shape index (κ1) is 18.9. The smallest absolute Gasteiger partial charge is 0.224 e. The number of likely N-dealkylation sites (tertiary alicyclic amines) is 1. The van der Waals surface area contributed by atoms with Gasteiger partial charge in [0.15, 0.2) is 0 Å². The summed E-state index contributed by atoms with van der Waals surface area (Å²) in [7, 11) is 0. The van der Waals surface area contributed by atoms with Crippen LogP contribution in [0.15, 0.2) is 54.9 Å². The molecule has 3 rings (SSSR count). The van der Waals surface area contributed by atoms with Crippen molar-refractivity contribution in [2.24, 2.45) is 5.92 Å². The Morgan fingerprint density at radius 1 is 1.15 bits per heavy atom. The lowest BCUT2D eigenvalue weighted by Crippen LogP contribution is -2.47. The molecule has 0 bridgehead atoms. The number of hydrogen-bond acceptors (Lipinski definition) is 4. The molecule has 0 aliphatic carbocycles. The minimum absolute atomic E-state index is 0.0280. The van der Waals surface area contributed by atoms with Gasteiger partial charge >= 0.3 is 0 Å². The van der Waals surface area contributed by atoms with Gasteiger partial charge in [0, 0.05) is 45.0 Å². The molecule has 6 heteroatoms. The summed E-state index contributed by atoms with van der Waals surface area (Å²) < 4.78 is 0. The third-order valence-electron chi connectivity index (χ3n) is 4.80. The number of hydrogen-bond donors (Lipinski definition) is 2. The van der Waals surface area contributed by atoms with Gasteiger partial charge in [0.05, 0.1) is 11.6 Å². The molecule has 1 saturated heterocycles. The van der Waals surface area contributed by atoms with Gasteiger partial charge in [-0.05, 0) is 30.5 Å². The molecular formula is C21H26N4O2. The maximum Gasteiger partial charge on any atom is 0.224 e. The first-order valence-electron chi connectivity index (χ1n) is 9.45. The number of piperidine rings is 1. The van der Waals surface area contributed by atoms with E-state index in [0.29, 0.717) is 39.0 Å². The molecule has 2 N–H and O–H groups in total. The molecule has 1 aromatic carbocycles. The van der Waals surface area contributed by atoms with Crippen molar-refractivity contribution in [3.63, 3.8) is 0 Å². The first-order valence-corrected chi connectivity index (χ1v) is 9.45. The van der Waals surface area contributed by atoms with Gasteiger partial charge in [0.25, 0.3) is 0 Å². The van der Waals surface area contributed by atoms with Crippen molar-refractivity contribution in [3.8, 4) is 0 Å². The van der Waals surface area contributed by atoms with Gasteiger partial charge in [-0.2, -0.15) is 0 Å². The number of benzene rings is 1. The van der Waals surface area contributed by atoms with Crippen LogP contribution in [-0.2, 0) is 16.0 Å². The van der Waals surface area contributed by atoms with Crippen molar-refractivity contribution in [1.29, 1.82) is 0 Å². The first-order chi connectivity index (χ1) is 13.2. The number of nitrogens with zero attached hydrogens (tertiary/aromatic N) is 2. The van der Waals surface area contributed by atoms with Gasteiger partial charge in [-0.3, -0.25) is 14.6 Å². The largest absolute Gasteiger partial charge is 0.382 e. The van der Waals surface area contributed by atoms with E-state index in [1.807, 2.05) is 35.2 Å². The highest BCUT2D eigenvalue weighted by Crippen LogP contribution is 2.18. The summed E-state index contributed by atoms with van der Waals surface area (Å²) in [6.07, 6.45) is 5.36. The molecule has 0 saturated carbocycles. The third-order valence-corrected chi connectivity index (χ3v) is 4.80. The molecule has 1 aromatic heterocycles. The van der Waals surface area contributed by atoms with E-state index in [1.54, 1.807) is 12.4 Å². The van der Waals surface area contributed by atoms with E-state index in [2.05, 4.69) is 27.8 Å². The predicted molar refractivity (Wildman–Crippen MR) is 105 cm³/mol. The molecular weight excluding hydrogens is 340 g/mol. The van der Waals surface area contributed by atoms with Crippen molar-refractivity contribution in [2.75, 3.05) is 31.5 Å². The molecule has 27 heavy (non-hydrogen) atoms. The highest BCUT2D eigenvalue weighted by atomic mass is 16.2. The maximum absolute atomic E-state index is 12.4. The van der Waals surface area contributed by atoms with Crippen LogP contribution in [0.2, 0.25) is 0 Å².